The number of alkyl halides is 5. The molecule has 0 aromatic carbocycles. The van der Waals surface area contributed by atoms with Crippen molar-refractivity contribution in [3.05, 3.63) is 0 Å². The first-order chi connectivity index (χ1) is 5.89. The summed E-state index contributed by atoms with van der Waals surface area (Å²) in [4.78, 5) is 0. The summed E-state index contributed by atoms with van der Waals surface area (Å²) in [7, 11) is 0. The molecule has 0 N–H and O–H groups in total. The third-order valence-corrected chi connectivity index (χ3v) is 1.81. The van der Waals surface area contributed by atoms with Crippen molar-refractivity contribution in [2.24, 2.45) is 0 Å². The van der Waals surface area contributed by atoms with Gasteiger partial charge in [0.15, 0.2) is 6.17 Å². The molecule has 5 heteroatoms. The summed E-state index contributed by atoms with van der Waals surface area (Å²) in [6.45, 7) is 1.31. The summed E-state index contributed by atoms with van der Waals surface area (Å²) in [5, 5.41) is 0. The first-order valence-corrected chi connectivity index (χ1v) is 4.19. The molecule has 0 aromatic heterocycles. The SMILES string of the molecule is CCC(F)(F)CCCC(F)C(F)F. The second-order valence-electron chi connectivity index (χ2n) is 2.95. The Hall–Kier alpha value is -0.350. The van der Waals surface area contributed by atoms with Crippen LogP contribution in [0.1, 0.15) is 32.6 Å². The molecule has 1 unspecified atom stereocenters. The molecule has 0 rings (SSSR count). The van der Waals surface area contributed by atoms with Crippen LogP contribution in [0.3, 0.4) is 0 Å². The van der Waals surface area contributed by atoms with Gasteiger partial charge in [0.2, 0.25) is 5.92 Å². The van der Waals surface area contributed by atoms with Crippen LogP contribution in [0.15, 0.2) is 0 Å². The predicted molar refractivity (Wildman–Crippen MR) is 40.0 cm³/mol. The van der Waals surface area contributed by atoms with E-state index in [0.717, 1.165) is 0 Å². The van der Waals surface area contributed by atoms with Gasteiger partial charge in [-0.1, -0.05) is 6.92 Å². The number of rotatable bonds is 6. The molecule has 0 nitrogen and oxygen atoms in total. The fourth-order valence-corrected chi connectivity index (χ4v) is 0.858. The molecule has 0 heterocycles. The van der Waals surface area contributed by atoms with Crippen LogP contribution in [0.2, 0.25) is 0 Å². The van der Waals surface area contributed by atoms with Gasteiger partial charge in [-0.05, 0) is 12.8 Å². The van der Waals surface area contributed by atoms with Crippen LogP contribution < -0.4 is 0 Å². The average molecular weight is 204 g/mol. The highest BCUT2D eigenvalue weighted by Gasteiger charge is 2.27. The van der Waals surface area contributed by atoms with Gasteiger partial charge in [0.05, 0.1) is 0 Å². The van der Waals surface area contributed by atoms with E-state index in [1.807, 2.05) is 0 Å². The largest absolute Gasteiger partial charge is 0.269 e. The van der Waals surface area contributed by atoms with Gasteiger partial charge in [-0.25, -0.2) is 22.0 Å². The lowest BCUT2D eigenvalue weighted by molar-refractivity contribution is -0.0194. The Morgan fingerprint density at radius 1 is 1.15 bits per heavy atom. The maximum atomic E-state index is 12.5. The highest BCUT2D eigenvalue weighted by molar-refractivity contribution is 4.66. The van der Waals surface area contributed by atoms with Crippen molar-refractivity contribution in [2.75, 3.05) is 0 Å². The maximum absolute atomic E-state index is 12.5. The third-order valence-electron chi connectivity index (χ3n) is 1.81. The van der Waals surface area contributed by atoms with E-state index in [1.54, 1.807) is 0 Å². The number of hydrogen-bond donors (Lipinski definition) is 0. The molecular formula is C8H13F5. The molecule has 0 fully saturated rings. The van der Waals surface area contributed by atoms with Gasteiger partial charge < -0.3 is 0 Å². The van der Waals surface area contributed by atoms with E-state index in [1.165, 1.54) is 6.92 Å². The van der Waals surface area contributed by atoms with Gasteiger partial charge in [0.1, 0.15) is 0 Å². The Bertz CT molecular complexity index is 134. The van der Waals surface area contributed by atoms with Crippen LogP contribution in [0.4, 0.5) is 22.0 Å². The molecule has 0 aliphatic heterocycles. The van der Waals surface area contributed by atoms with Crippen molar-refractivity contribution in [1.29, 1.82) is 0 Å². The van der Waals surface area contributed by atoms with E-state index in [9.17, 15) is 22.0 Å². The fraction of sp³-hybridized carbons (Fsp3) is 1.00. The zero-order chi connectivity index (χ0) is 10.5. The quantitative estimate of drug-likeness (QED) is 0.577. The predicted octanol–water partition coefficient (Wildman–Crippen LogP) is 3.81. The van der Waals surface area contributed by atoms with Crippen LogP contribution in [0, 0.1) is 0 Å². The van der Waals surface area contributed by atoms with E-state index in [-0.39, 0.29) is 12.8 Å². The van der Waals surface area contributed by atoms with Crippen LogP contribution in [0.25, 0.3) is 0 Å². The Kier molecular flexibility index (Phi) is 5.25. The van der Waals surface area contributed by atoms with Crippen molar-refractivity contribution >= 4 is 0 Å². The second kappa shape index (κ2) is 5.40. The standard InChI is InChI=1S/C8H13F5/c1-2-8(12,13)5-3-4-6(9)7(10)11/h6-7H,2-5H2,1H3. The van der Waals surface area contributed by atoms with Gasteiger partial charge >= 0.3 is 0 Å². The average Bonchev–Trinajstić information content (AvgIpc) is 2.04. The molecule has 0 aliphatic rings. The van der Waals surface area contributed by atoms with Crippen molar-refractivity contribution in [1.82, 2.24) is 0 Å². The van der Waals surface area contributed by atoms with Crippen molar-refractivity contribution in [3.63, 3.8) is 0 Å². The molecule has 0 bridgehead atoms. The molecule has 0 amide bonds. The first-order valence-electron chi connectivity index (χ1n) is 4.19. The van der Waals surface area contributed by atoms with Gasteiger partial charge in [-0.3, -0.25) is 0 Å². The zero-order valence-corrected chi connectivity index (χ0v) is 7.37. The Labute approximate surface area is 74.1 Å². The smallest absolute Gasteiger partial charge is 0.241 e. The van der Waals surface area contributed by atoms with Gasteiger partial charge in [-0.2, -0.15) is 0 Å². The van der Waals surface area contributed by atoms with Crippen LogP contribution in [-0.4, -0.2) is 18.5 Å². The highest BCUT2D eigenvalue weighted by Crippen LogP contribution is 2.26. The zero-order valence-electron chi connectivity index (χ0n) is 7.37. The number of halogens is 5. The van der Waals surface area contributed by atoms with E-state index < -0.39 is 31.4 Å². The molecule has 1 atom stereocenters. The monoisotopic (exact) mass is 204 g/mol. The van der Waals surface area contributed by atoms with E-state index in [0.29, 0.717) is 0 Å². The first kappa shape index (κ1) is 12.7. The minimum absolute atomic E-state index is 0.202. The third kappa shape index (κ3) is 5.82. The minimum atomic E-state index is -3.06. The van der Waals surface area contributed by atoms with Gasteiger partial charge in [0.25, 0.3) is 6.43 Å². The van der Waals surface area contributed by atoms with Crippen molar-refractivity contribution in [2.45, 2.75) is 51.1 Å². The maximum Gasteiger partial charge on any atom is 0.269 e. The summed E-state index contributed by atoms with van der Waals surface area (Å²) in [5.41, 5.74) is 0. The van der Waals surface area contributed by atoms with Crippen LogP contribution in [0.5, 0.6) is 0 Å². The van der Waals surface area contributed by atoms with E-state index in [2.05, 4.69) is 0 Å². The summed E-state index contributed by atoms with van der Waals surface area (Å²) in [6.07, 6.45) is -6.88. The van der Waals surface area contributed by atoms with E-state index >= 15 is 0 Å². The molecule has 0 saturated heterocycles. The minimum Gasteiger partial charge on any atom is -0.241 e. The topological polar surface area (TPSA) is 0 Å². The Balaban J connectivity index is 3.56. The molecule has 0 aliphatic carbocycles. The fourth-order valence-electron chi connectivity index (χ4n) is 0.858. The van der Waals surface area contributed by atoms with Gasteiger partial charge in [0, 0.05) is 12.8 Å². The Morgan fingerprint density at radius 3 is 2.08 bits per heavy atom. The molecule has 0 spiro atoms. The molecule has 0 radical (unpaired) electrons. The molecular weight excluding hydrogens is 191 g/mol. The lowest BCUT2D eigenvalue weighted by Crippen LogP contribution is -2.17. The molecule has 0 saturated carbocycles. The second-order valence-corrected chi connectivity index (χ2v) is 2.95. The van der Waals surface area contributed by atoms with Crippen molar-refractivity contribution in [3.8, 4) is 0 Å². The molecule has 0 aromatic rings. The van der Waals surface area contributed by atoms with Crippen LogP contribution in [-0.2, 0) is 0 Å². The lowest BCUT2D eigenvalue weighted by atomic mass is 10.1. The van der Waals surface area contributed by atoms with E-state index in [4.69, 9.17) is 0 Å². The lowest BCUT2D eigenvalue weighted by Gasteiger charge is -2.14. The summed E-state index contributed by atoms with van der Waals surface area (Å²) < 4.78 is 60.3. The summed E-state index contributed by atoms with van der Waals surface area (Å²) in [5.74, 6) is -2.85. The summed E-state index contributed by atoms with van der Waals surface area (Å²) in [6, 6.07) is 0. The van der Waals surface area contributed by atoms with Crippen LogP contribution >= 0.6 is 0 Å². The van der Waals surface area contributed by atoms with Crippen molar-refractivity contribution < 1.29 is 22.0 Å². The molecule has 80 valence electrons. The number of hydrogen-bond acceptors (Lipinski definition) is 0. The normalized spacial score (nSPS) is 15.0. The summed E-state index contributed by atoms with van der Waals surface area (Å²) >= 11 is 0. The molecule has 13 heavy (non-hydrogen) atoms. The Morgan fingerprint density at radius 2 is 1.69 bits per heavy atom. The highest BCUT2D eigenvalue weighted by atomic mass is 19.3. The van der Waals surface area contributed by atoms with Gasteiger partial charge in [-0.15, -0.1) is 0 Å².